The Morgan fingerprint density at radius 2 is 1.72 bits per heavy atom. The lowest BCUT2D eigenvalue weighted by Crippen LogP contribution is -2.51. The number of aromatic nitrogens is 2. The van der Waals surface area contributed by atoms with Crippen molar-refractivity contribution in [3.05, 3.63) is 84.4 Å². The number of fused-ring (bicyclic) bond motifs is 3. The molecule has 0 unspecified atom stereocenters. The minimum Gasteiger partial charge on any atom is -0.465 e. The molecule has 8 nitrogen and oxygen atoms in total. The summed E-state index contributed by atoms with van der Waals surface area (Å²) < 4.78 is 18.7. The molecule has 0 aliphatic carbocycles. The molecule has 8 heteroatoms. The van der Waals surface area contributed by atoms with Crippen molar-refractivity contribution in [3.63, 3.8) is 0 Å². The van der Waals surface area contributed by atoms with Gasteiger partial charge in [0.1, 0.15) is 11.5 Å². The maximum Gasteiger partial charge on any atom is 0.321 e. The second kappa shape index (κ2) is 10.2. The number of amides is 1. The van der Waals surface area contributed by atoms with Crippen LogP contribution in [-0.4, -0.2) is 48.3 Å². The fraction of sp³-hybridized carbons (Fsp3) is 0.250. The first kappa shape index (κ1) is 23.6. The third-order valence-corrected chi connectivity index (χ3v) is 6.18. The van der Waals surface area contributed by atoms with Crippen LogP contribution in [0.1, 0.15) is 18.5 Å². The van der Waals surface area contributed by atoms with E-state index in [1.165, 1.54) is 4.90 Å². The molecule has 1 aliphatic heterocycles. The zero-order valence-corrected chi connectivity index (χ0v) is 20.2. The van der Waals surface area contributed by atoms with Crippen LogP contribution in [0.15, 0.2) is 78.9 Å². The van der Waals surface area contributed by atoms with Crippen molar-refractivity contribution in [2.45, 2.75) is 13.0 Å². The second-order valence-electron chi connectivity index (χ2n) is 8.42. The molecule has 0 saturated carbocycles. The van der Waals surface area contributed by atoms with E-state index in [0.717, 1.165) is 16.6 Å². The number of rotatable bonds is 8. The van der Waals surface area contributed by atoms with Crippen molar-refractivity contribution in [1.29, 1.82) is 0 Å². The molecule has 5 rings (SSSR count). The summed E-state index contributed by atoms with van der Waals surface area (Å²) in [5.41, 5.74) is 2.29. The largest absolute Gasteiger partial charge is 0.465 e. The normalized spacial score (nSPS) is 17.2. The van der Waals surface area contributed by atoms with Gasteiger partial charge in [-0.05, 0) is 48.9 Å². The van der Waals surface area contributed by atoms with E-state index >= 15 is 0 Å². The zero-order chi connectivity index (χ0) is 25.1. The van der Waals surface area contributed by atoms with E-state index in [4.69, 9.17) is 19.2 Å². The molecule has 1 aliphatic rings. The summed E-state index contributed by atoms with van der Waals surface area (Å²) >= 11 is 0. The summed E-state index contributed by atoms with van der Waals surface area (Å²) in [6.45, 7) is 2.46. The third-order valence-electron chi connectivity index (χ3n) is 6.18. The number of carbonyl (C=O) groups excluding carboxylic acids is 2. The van der Waals surface area contributed by atoms with E-state index in [9.17, 15) is 9.59 Å². The summed E-state index contributed by atoms with van der Waals surface area (Å²) in [7, 11) is 1.57. The lowest BCUT2D eigenvalue weighted by atomic mass is 9.89. The Morgan fingerprint density at radius 3 is 2.50 bits per heavy atom. The maximum absolute atomic E-state index is 13.8. The summed E-state index contributed by atoms with van der Waals surface area (Å²) in [6, 6.07) is 23.9. The number of methoxy groups -OCH3 is 1. The van der Waals surface area contributed by atoms with E-state index in [-0.39, 0.29) is 19.1 Å². The highest BCUT2D eigenvalue weighted by Gasteiger charge is 2.47. The number of carbonyl (C=O) groups is 2. The quantitative estimate of drug-likeness (QED) is 0.268. The summed E-state index contributed by atoms with van der Waals surface area (Å²) in [5, 5.41) is 0. The molecule has 184 valence electrons. The first-order valence-electron chi connectivity index (χ1n) is 11.9. The highest BCUT2D eigenvalue weighted by Crippen LogP contribution is 2.42. The average Bonchev–Trinajstić information content (AvgIpc) is 3.27. The predicted octanol–water partition coefficient (Wildman–Crippen LogP) is 4.59. The third kappa shape index (κ3) is 4.31. The molecule has 0 radical (unpaired) electrons. The first-order valence-corrected chi connectivity index (χ1v) is 11.9. The van der Waals surface area contributed by atoms with Gasteiger partial charge in [-0.25, -0.2) is 4.98 Å². The van der Waals surface area contributed by atoms with Gasteiger partial charge in [0.2, 0.25) is 11.9 Å². The fourth-order valence-corrected chi connectivity index (χ4v) is 4.63. The van der Waals surface area contributed by atoms with Crippen molar-refractivity contribution in [2.75, 3.05) is 31.8 Å². The van der Waals surface area contributed by atoms with Crippen molar-refractivity contribution in [2.24, 2.45) is 5.92 Å². The molecule has 0 fully saturated rings. The van der Waals surface area contributed by atoms with E-state index < -0.39 is 17.9 Å². The number of benzene rings is 3. The van der Waals surface area contributed by atoms with Gasteiger partial charge < -0.3 is 18.8 Å². The van der Waals surface area contributed by atoms with Crippen molar-refractivity contribution >= 4 is 28.9 Å². The Bertz CT molecular complexity index is 1380. The van der Waals surface area contributed by atoms with Crippen molar-refractivity contribution in [1.82, 2.24) is 9.55 Å². The van der Waals surface area contributed by atoms with E-state index in [1.54, 1.807) is 14.0 Å². The van der Waals surface area contributed by atoms with Gasteiger partial charge in [-0.3, -0.25) is 14.5 Å². The van der Waals surface area contributed by atoms with Crippen LogP contribution < -0.4 is 9.64 Å². The molecule has 0 bridgehead atoms. The second-order valence-corrected chi connectivity index (χ2v) is 8.42. The molecule has 3 aromatic carbocycles. The van der Waals surface area contributed by atoms with Gasteiger partial charge in [-0.1, -0.05) is 42.5 Å². The molecule has 2 heterocycles. The topological polar surface area (TPSA) is 82.9 Å². The summed E-state index contributed by atoms with van der Waals surface area (Å²) in [4.78, 5) is 33.4. The molecular formula is C28H27N3O5. The molecule has 4 aromatic rings. The number of esters is 1. The minimum atomic E-state index is -1.10. The number of nitrogens with zero attached hydrogens (tertiary/aromatic N) is 3. The van der Waals surface area contributed by atoms with E-state index in [0.29, 0.717) is 24.1 Å². The molecule has 36 heavy (non-hydrogen) atoms. The number of hydrogen-bond acceptors (Lipinski definition) is 6. The van der Waals surface area contributed by atoms with Gasteiger partial charge in [-0.2, -0.15) is 0 Å². The van der Waals surface area contributed by atoms with Gasteiger partial charge in [0.25, 0.3) is 0 Å². The standard InChI is InChI=1S/C28H27N3O5/c1-3-35-27(33)24-25(19-10-9-13-21(18-19)36-20-11-5-4-6-12-20)31-23-15-8-7-14-22(23)29-28(31)30(26(24)32)16-17-34-2/h4-15,18,24-25H,3,16-17H2,1-2H3/t24-,25+/m0/s1. The maximum atomic E-state index is 13.8. The highest BCUT2D eigenvalue weighted by atomic mass is 16.5. The van der Waals surface area contributed by atoms with Crippen LogP contribution in [0, 0.1) is 5.92 Å². The Morgan fingerprint density at radius 1 is 0.972 bits per heavy atom. The minimum absolute atomic E-state index is 0.169. The Hall–Kier alpha value is -4.17. The van der Waals surface area contributed by atoms with Gasteiger partial charge >= 0.3 is 5.97 Å². The van der Waals surface area contributed by atoms with Crippen LogP contribution in [0.4, 0.5) is 5.95 Å². The van der Waals surface area contributed by atoms with Crippen LogP contribution in [0.25, 0.3) is 11.0 Å². The predicted molar refractivity (Wildman–Crippen MR) is 135 cm³/mol. The lowest BCUT2D eigenvalue weighted by molar-refractivity contribution is -0.153. The van der Waals surface area contributed by atoms with Crippen LogP contribution in [-0.2, 0) is 19.1 Å². The number of imidazole rings is 1. The molecule has 1 amide bonds. The lowest BCUT2D eigenvalue weighted by Gasteiger charge is -2.37. The monoisotopic (exact) mass is 485 g/mol. The first-order chi connectivity index (χ1) is 17.6. The van der Waals surface area contributed by atoms with Gasteiger partial charge in [0.15, 0.2) is 5.92 Å². The number of anilines is 1. The van der Waals surface area contributed by atoms with E-state index in [1.807, 2.05) is 83.4 Å². The Balaban J connectivity index is 1.68. The number of para-hydroxylation sites is 3. The molecule has 0 saturated heterocycles. The zero-order valence-electron chi connectivity index (χ0n) is 20.2. The molecule has 2 atom stereocenters. The van der Waals surface area contributed by atoms with Crippen LogP contribution in [0.2, 0.25) is 0 Å². The molecule has 0 N–H and O–H groups in total. The van der Waals surface area contributed by atoms with Crippen molar-refractivity contribution < 1.29 is 23.8 Å². The highest BCUT2D eigenvalue weighted by molar-refractivity contribution is 6.08. The van der Waals surface area contributed by atoms with Gasteiger partial charge in [-0.15, -0.1) is 0 Å². The molecule has 0 spiro atoms. The molecular weight excluding hydrogens is 458 g/mol. The van der Waals surface area contributed by atoms with Crippen molar-refractivity contribution in [3.8, 4) is 11.5 Å². The summed E-state index contributed by atoms with van der Waals surface area (Å²) in [6.07, 6.45) is 0. The SMILES string of the molecule is CCOC(=O)[C@@H]1C(=O)N(CCOC)c2nc3ccccc3n2[C@@H]1c1cccc(Oc2ccccc2)c1. The van der Waals surface area contributed by atoms with Crippen LogP contribution in [0.3, 0.4) is 0 Å². The van der Waals surface area contributed by atoms with Crippen LogP contribution >= 0.6 is 0 Å². The number of hydrogen-bond donors (Lipinski definition) is 0. The average molecular weight is 486 g/mol. The van der Waals surface area contributed by atoms with Gasteiger partial charge in [0, 0.05) is 7.11 Å². The Labute approximate surface area is 209 Å². The van der Waals surface area contributed by atoms with E-state index in [2.05, 4.69) is 0 Å². The number of ether oxygens (including phenoxy) is 3. The smallest absolute Gasteiger partial charge is 0.321 e. The molecule has 1 aromatic heterocycles. The Kier molecular flexibility index (Phi) is 6.69. The summed E-state index contributed by atoms with van der Waals surface area (Å²) in [5.74, 6) is -0.283. The fourth-order valence-electron chi connectivity index (χ4n) is 4.63. The van der Waals surface area contributed by atoms with Gasteiger partial charge in [0.05, 0.1) is 36.8 Å². The van der Waals surface area contributed by atoms with Crippen LogP contribution in [0.5, 0.6) is 11.5 Å².